The van der Waals surface area contributed by atoms with Gasteiger partial charge < -0.3 is 5.73 Å². The van der Waals surface area contributed by atoms with Crippen LogP contribution in [0, 0.1) is 6.92 Å². The molecule has 3 rings (SSSR count). The van der Waals surface area contributed by atoms with Gasteiger partial charge in [-0.1, -0.05) is 29.8 Å². The van der Waals surface area contributed by atoms with E-state index in [1.54, 1.807) is 6.20 Å². The molecule has 0 spiro atoms. The maximum Gasteiger partial charge on any atom is 0.161 e. The first-order chi connectivity index (χ1) is 8.74. The van der Waals surface area contributed by atoms with Gasteiger partial charge in [0.15, 0.2) is 5.65 Å². The standard InChI is InChI=1S/C15H13N3/c1-10-4-6-11(7-5-10)13-9-12-3-2-8-17-15(12)18-14(13)16/h2-9H,1H3,(H2,16,17,18). The van der Waals surface area contributed by atoms with Gasteiger partial charge in [-0.05, 0) is 30.7 Å². The summed E-state index contributed by atoms with van der Waals surface area (Å²) >= 11 is 0. The molecule has 0 unspecified atom stereocenters. The molecule has 18 heavy (non-hydrogen) atoms. The van der Waals surface area contributed by atoms with Crippen molar-refractivity contribution in [2.75, 3.05) is 5.73 Å². The third-order valence-electron chi connectivity index (χ3n) is 2.98. The van der Waals surface area contributed by atoms with Crippen LogP contribution in [0.4, 0.5) is 5.82 Å². The van der Waals surface area contributed by atoms with E-state index in [2.05, 4.69) is 41.2 Å². The molecule has 0 fully saturated rings. The lowest BCUT2D eigenvalue weighted by Gasteiger charge is -2.07. The minimum absolute atomic E-state index is 0.519. The number of nitrogens with two attached hydrogens (primary N) is 1. The highest BCUT2D eigenvalue weighted by molar-refractivity contribution is 5.86. The molecule has 0 amide bonds. The summed E-state index contributed by atoms with van der Waals surface area (Å²) in [5.41, 5.74) is 9.96. The Labute approximate surface area is 105 Å². The second kappa shape index (κ2) is 4.11. The smallest absolute Gasteiger partial charge is 0.161 e. The van der Waals surface area contributed by atoms with E-state index in [4.69, 9.17) is 5.73 Å². The van der Waals surface area contributed by atoms with E-state index in [1.807, 2.05) is 18.2 Å². The monoisotopic (exact) mass is 235 g/mol. The van der Waals surface area contributed by atoms with E-state index in [0.29, 0.717) is 11.5 Å². The number of pyridine rings is 2. The van der Waals surface area contributed by atoms with Crippen LogP contribution in [-0.2, 0) is 0 Å². The van der Waals surface area contributed by atoms with Gasteiger partial charge in [0.2, 0.25) is 0 Å². The number of fused-ring (bicyclic) bond motifs is 1. The summed E-state index contributed by atoms with van der Waals surface area (Å²) < 4.78 is 0. The Bertz CT molecular complexity index is 703. The summed E-state index contributed by atoms with van der Waals surface area (Å²) in [6, 6.07) is 14.2. The molecule has 0 bridgehead atoms. The minimum atomic E-state index is 0.519. The van der Waals surface area contributed by atoms with Crippen LogP contribution in [0.1, 0.15) is 5.56 Å². The van der Waals surface area contributed by atoms with Crippen molar-refractivity contribution in [1.82, 2.24) is 9.97 Å². The normalized spacial score (nSPS) is 10.7. The number of hydrogen-bond acceptors (Lipinski definition) is 3. The van der Waals surface area contributed by atoms with E-state index in [-0.39, 0.29) is 0 Å². The van der Waals surface area contributed by atoms with Crippen molar-refractivity contribution >= 4 is 16.9 Å². The van der Waals surface area contributed by atoms with Crippen molar-refractivity contribution in [3.8, 4) is 11.1 Å². The third kappa shape index (κ3) is 1.80. The number of hydrogen-bond donors (Lipinski definition) is 1. The largest absolute Gasteiger partial charge is 0.383 e. The summed E-state index contributed by atoms with van der Waals surface area (Å²) in [6.07, 6.45) is 1.72. The molecule has 3 heteroatoms. The zero-order valence-corrected chi connectivity index (χ0v) is 10.1. The highest BCUT2D eigenvalue weighted by Gasteiger charge is 2.06. The Morgan fingerprint density at radius 2 is 1.83 bits per heavy atom. The predicted molar refractivity (Wildman–Crippen MR) is 74.1 cm³/mol. The van der Waals surface area contributed by atoms with E-state index in [1.165, 1.54) is 5.56 Å². The predicted octanol–water partition coefficient (Wildman–Crippen LogP) is 3.19. The number of nitrogens with zero attached hydrogens (tertiary/aromatic N) is 2. The van der Waals surface area contributed by atoms with Gasteiger partial charge in [-0.25, -0.2) is 9.97 Å². The van der Waals surface area contributed by atoms with E-state index in [9.17, 15) is 0 Å². The maximum absolute atomic E-state index is 6.01. The first-order valence-corrected chi connectivity index (χ1v) is 5.82. The van der Waals surface area contributed by atoms with Crippen molar-refractivity contribution in [3.05, 3.63) is 54.2 Å². The van der Waals surface area contributed by atoms with Crippen molar-refractivity contribution in [1.29, 1.82) is 0 Å². The van der Waals surface area contributed by atoms with Crippen molar-refractivity contribution in [3.63, 3.8) is 0 Å². The summed E-state index contributed by atoms with van der Waals surface area (Å²) in [4.78, 5) is 8.54. The second-order valence-electron chi connectivity index (χ2n) is 4.34. The first kappa shape index (κ1) is 10.7. The second-order valence-corrected chi connectivity index (χ2v) is 4.34. The number of aryl methyl sites for hydroxylation is 1. The molecule has 0 saturated carbocycles. The Morgan fingerprint density at radius 3 is 2.61 bits per heavy atom. The van der Waals surface area contributed by atoms with Gasteiger partial charge in [-0.3, -0.25) is 0 Å². The van der Waals surface area contributed by atoms with Crippen LogP contribution in [0.5, 0.6) is 0 Å². The molecule has 0 radical (unpaired) electrons. The van der Waals surface area contributed by atoms with Crippen LogP contribution < -0.4 is 5.73 Å². The molecule has 88 valence electrons. The summed E-state index contributed by atoms with van der Waals surface area (Å²) in [6.45, 7) is 2.07. The maximum atomic E-state index is 6.01. The molecule has 0 aliphatic carbocycles. The van der Waals surface area contributed by atoms with Gasteiger partial charge in [0, 0.05) is 17.1 Å². The Balaban J connectivity index is 2.22. The van der Waals surface area contributed by atoms with Gasteiger partial charge >= 0.3 is 0 Å². The summed E-state index contributed by atoms with van der Waals surface area (Å²) in [7, 11) is 0. The lowest BCUT2D eigenvalue weighted by molar-refractivity contribution is 1.29. The molecule has 2 heterocycles. The molecular formula is C15H13N3. The van der Waals surface area contributed by atoms with E-state index < -0.39 is 0 Å². The SMILES string of the molecule is Cc1ccc(-c2cc3cccnc3nc2N)cc1. The average Bonchev–Trinajstić information content (AvgIpc) is 2.39. The molecule has 0 saturated heterocycles. The average molecular weight is 235 g/mol. The molecule has 0 atom stereocenters. The highest BCUT2D eigenvalue weighted by Crippen LogP contribution is 2.27. The van der Waals surface area contributed by atoms with Gasteiger partial charge in [0.05, 0.1) is 0 Å². The fourth-order valence-electron chi connectivity index (χ4n) is 1.98. The minimum Gasteiger partial charge on any atom is -0.383 e. The topological polar surface area (TPSA) is 51.8 Å². The highest BCUT2D eigenvalue weighted by atomic mass is 14.9. The molecule has 3 aromatic rings. The fourth-order valence-corrected chi connectivity index (χ4v) is 1.98. The molecule has 3 nitrogen and oxygen atoms in total. The molecule has 0 aliphatic rings. The van der Waals surface area contributed by atoms with Crippen LogP contribution >= 0.6 is 0 Å². The zero-order valence-electron chi connectivity index (χ0n) is 10.1. The molecule has 0 aliphatic heterocycles. The molecule has 1 aromatic carbocycles. The lowest BCUT2D eigenvalue weighted by Crippen LogP contribution is -1.96. The third-order valence-corrected chi connectivity index (χ3v) is 2.98. The number of nitrogen functional groups attached to an aromatic ring is 1. The van der Waals surface area contributed by atoms with Crippen molar-refractivity contribution < 1.29 is 0 Å². The van der Waals surface area contributed by atoms with Gasteiger partial charge in [-0.15, -0.1) is 0 Å². The number of rotatable bonds is 1. The van der Waals surface area contributed by atoms with E-state index >= 15 is 0 Å². The van der Waals surface area contributed by atoms with Gasteiger partial charge in [0.1, 0.15) is 5.82 Å². The van der Waals surface area contributed by atoms with Gasteiger partial charge in [0.25, 0.3) is 0 Å². The Morgan fingerprint density at radius 1 is 1.06 bits per heavy atom. The summed E-state index contributed by atoms with van der Waals surface area (Å²) in [5, 5.41) is 1.00. The number of anilines is 1. The van der Waals surface area contributed by atoms with Crippen molar-refractivity contribution in [2.24, 2.45) is 0 Å². The lowest BCUT2D eigenvalue weighted by atomic mass is 10.0. The van der Waals surface area contributed by atoms with Crippen molar-refractivity contribution in [2.45, 2.75) is 6.92 Å². The van der Waals surface area contributed by atoms with Crippen LogP contribution in [-0.4, -0.2) is 9.97 Å². The summed E-state index contributed by atoms with van der Waals surface area (Å²) in [5.74, 6) is 0.519. The Hall–Kier alpha value is -2.42. The van der Waals surface area contributed by atoms with Gasteiger partial charge in [-0.2, -0.15) is 0 Å². The fraction of sp³-hybridized carbons (Fsp3) is 0.0667. The zero-order chi connectivity index (χ0) is 12.5. The van der Waals surface area contributed by atoms with E-state index in [0.717, 1.165) is 16.5 Å². The molecular weight excluding hydrogens is 222 g/mol. The molecule has 2 aromatic heterocycles. The quantitative estimate of drug-likeness (QED) is 0.704. The Kier molecular flexibility index (Phi) is 2.45. The number of benzene rings is 1. The number of aromatic nitrogens is 2. The first-order valence-electron chi connectivity index (χ1n) is 5.82. The van der Waals surface area contributed by atoms with Crippen LogP contribution in [0.3, 0.4) is 0 Å². The van der Waals surface area contributed by atoms with Crippen LogP contribution in [0.25, 0.3) is 22.2 Å². The van der Waals surface area contributed by atoms with Crippen LogP contribution in [0.2, 0.25) is 0 Å². The van der Waals surface area contributed by atoms with Crippen LogP contribution in [0.15, 0.2) is 48.7 Å². The molecule has 2 N–H and O–H groups in total.